The molecule has 0 radical (unpaired) electrons. The predicted molar refractivity (Wildman–Crippen MR) is 118 cm³/mol. The van der Waals surface area contributed by atoms with Gasteiger partial charge in [-0.15, -0.1) is 22.2 Å². The fraction of sp³-hybridized carbons (Fsp3) is 0.765. The quantitative estimate of drug-likeness (QED) is 0.229. The van der Waals surface area contributed by atoms with Crippen LogP contribution >= 0.6 is 22.2 Å². The highest BCUT2D eigenvalue weighted by atomic mass is 35.7. The lowest BCUT2D eigenvalue weighted by molar-refractivity contribution is 0.558. The van der Waals surface area contributed by atoms with Crippen LogP contribution < -0.4 is 0 Å². The van der Waals surface area contributed by atoms with Crippen LogP contribution in [0.5, 0.6) is 0 Å². The summed E-state index contributed by atoms with van der Waals surface area (Å²) in [6.45, 7) is 10.4. The van der Waals surface area contributed by atoms with Crippen molar-refractivity contribution in [2.45, 2.75) is 78.8 Å². The van der Waals surface area contributed by atoms with Crippen molar-refractivity contribution < 1.29 is 0 Å². The van der Waals surface area contributed by atoms with Crippen molar-refractivity contribution in [1.29, 1.82) is 0 Å². The van der Waals surface area contributed by atoms with Gasteiger partial charge in [0.1, 0.15) is 19.4 Å². The van der Waals surface area contributed by atoms with Crippen molar-refractivity contribution in [1.82, 2.24) is 4.23 Å². The van der Waals surface area contributed by atoms with Gasteiger partial charge in [-0.2, -0.15) is 0 Å². The lowest BCUT2D eigenvalue weighted by Crippen LogP contribution is -2.31. The second-order valence-corrected chi connectivity index (χ2v) is 19.7. The Morgan fingerprint density at radius 3 is 1.70 bits per heavy atom. The van der Waals surface area contributed by atoms with Crippen LogP contribution in [-0.2, 0) is 0 Å². The molecule has 0 aromatic heterocycles. The van der Waals surface area contributed by atoms with Gasteiger partial charge in [-0.1, -0.05) is 54.6 Å². The molecule has 0 aliphatic rings. The number of rotatable bonds is 13. The Bertz CT molecular complexity index is 337. The lowest BCUT2D eigenvalue weighted by atomic mass is 10.1. The van der Waals surface area contributed by atoms with Gasteiger partial charge in [0.05, 0.1) is 0 Å². The Balaban J connectivity index is 3.81. The molecule has 0 spiro atoms. The van der Waals surface area contributed by atoms with Gasteiger partial charge in [0, 0.05) is 0 Å². The summed E-state index contributed by atoms with van der Waals surface area (Å²) in [5.41, 5.74) is 7.99. The topological polar surface area (TPSA) is 3.24 Å². The SMILES string of the molecule is CC(C)=C[SiH2]N(CCCCCCCC[Si](C)(Cl)Cl)[SiH2]C=C(C)C. The molecule has 0 saturated carbocycles. The van der Waals surface area contributed by atoms with E-state index in [-0.39, 0.29) is 19.4 Å². The molecule has 0 heterocycles. The van der Waals surface area contributed by atoms with E-state index in [0.29, 0.717) is 0 Å². The van der Waals surface area contributed by atoms with E-state index in [4.69, 9.17) is 22.2 Å². The van der Waals surface area contributed by atoms with Crippen molar-refractivity contribution in [3.63, 3.8) is 0 Å². The summed E-state index contributed by atoms with van der Waals surface area (Å²) >= 11 is 12.3. The molecule has 0 aromatic carbocycles. The summed E-state index contributed by atoms with van der Waals surface area (Å²) in [4.78, 5) is 0. The molecular weight excluding hydrogens is 373 g/mol. The maximum absolute atomic E-state index is 6.13. The van der Waals surface area contributed by atoms with E-state index in [1.54, 1.807) is 0 Å². The Labute approximate surface area is 160 Å². The van der Waals surface area contributed by atoms with Crippen LogP contribution in [0.15, 0.2) is 22.5 Å². The second kappa shape index (κ2) is 13.9. The molecule has 0 N–H and O–H groups in total. The Morgan fingerprint density at radius 2 is 1.26 bits per heavy atom. The summed E-state index contributed by atoms with van der Waals surface area (Å²) in [6, 6.07) is 1.05. The standard InChI is InChI=1S/C17H37Cl2NSi3/c1-16(2)14-21-20(22-15-17(3)4)12-10-8-6-7-9-11-13-23(5,18)19/h14-15H,6-13,21-22H2,1-5H3. The molecule has 0 saturated heterocycles. The van der Waals surface area contributed by atoms with Crippen LogP contribution in [0.25, 0.3) is 0 Å². The van der Waals surface area contributed by atoms with Crippen molar-refractivity contribution in [2.75, 3.05) is 6.54 Å². The molecule has 136 valence electrons. The first-order valence-corrected chi connectivity index (χ1v) is 16.7. The van der Waals surface area contributed by atoms with Crippen LogP contribution in [0.4, 0.5) is 0 Å². The zero-order chi connectivity index (χ0) is 17.7. The molecule has 0 aromatic rings. The third kappa shape index (κ3) is 18.8. The maximum Gasteiger partial charge on any atom is 0.248 e. The van der Waals surface area contributed by atoms with Gasteiger partial charge >= 0.3 is 0 Å². The van der Waals surface area contributed by atoms with Gasteiger partial charge in [-0.25, -0.2) is 0 Å². The van der Waals surface area contributed by atoms with E-state index in [2.05, 4.69) is 43.3 Å². The molecule has 0 amide bonds. The molecule has 0 fully saturated rings. The lowest BCUT2D eigenvalue weighted by Gasteiger charge is -2.19. The number of nitrogens with zero attached hydrogens (tertiary/aromatic N) is 1. The van der Waals surface area contributed by atoms with Crippen LogP contribution in [0, 0.1) is 0 Å². The van der Waals surface area contributed by atoms with E-state index in [1.807, 2.05) is 6.55 Å². The molecule has 23 heavy (non-hydrogen) atoms. The first-order valence-electron chi connectivity index (χ1n) is 9.07. The predicted octanol–water partition coefficient (Wildman–Crippen LogP) is 5.19. The first-order chi connectivity index (χ1) is 10.7. The van der Waals surface area contributed by atoms with Crippen LogP contribution in [0.2, 0.25) is 12.6 Å². The van der Waals surface area contributed by atoms with Crippen molar-refractivity contribution >= 4 is 48.2 Å². The van der Waals surface area contributed by atoms with Crippen LogP contribution in [-0.4, -0.2) is 36.8 Å². The van der Waals surface area contributed by atoms with E-state index in [0.717, 1.165) is 6.04 Å². The summed E-state index contributed by atoms with van der Waals surface area (Å²) in [6.07, 6.45) is 7.96. The summed E-state index contributed by atoms with van der Waals surface area (Å²) in [5, 5.41) is 0. The molecule has 1 nitrogen and oxygen atoms in total. The molecule has 0 unspecified atom stereocenters. The Hall–Kier alpha value is 0.671. The molecule has 0 aliphatic carbocycles. The summed E-state index contributed by atoms with van der Waals surface area (Å²) in [7, 11) is -0.330. The molecular formula is C17H37Cl2NSi3. The van der Waals surface area contributed by atoms with E-state index >= 15 is 0 Å². The first kappa shape index (κ1) is 23.7. The smallest absolute Gasteiger partial charge is 0.248 e. The highest BCUT2D eigenvalue weighted by Gasteiger charge is 2.19. The fourth-order valence-electron chi connectivity index (χ4n) is 2.36. The van der Waals surface area contributed by atoms with Crippen molar-refractivity contribution in [3.8, 4) is 0 Å². The number of halogens is 2. The fourth-order valence-corrected chi connectivity index (χ4v) is 7.46. The van der Waals surface area contributed by atoms with Gasteiger partial charge in [-0.3, -0.25) is 0 Å². The van der Waals surface area contributed by atoms with Crippen molar-refractivity contribution in [3.05, 3.63) is 22.5 Å². The van der Waals surface area contributed by atoms with Gasteiger partial charge in [0.2, 0.25) is 6.69 Å². The number of unbranched alkanes of at least 4 members (excludes halogenated alkanes) is 5. The van der Waals surface area contributed by atoms with Gasteiger partial charge in [0.25, 0.3) is 0 Å². The minimum Gasteiger partial charge on any atom is -0.349 e. The maximum atomic E-state index is 6.13. The van der Waals surface area contributed by atoms with E-state index in [1.165, 1.54) is 56.2 Å². The molecule has 0 rings (SSSR count). The van der Waals surface area contributed by atoms with E-state index < -0.39 is 6.69 Å². The monoisotopic (exact) mass is 409 g/mol. The van der Waals surface area contributed by atoms with Crippen LogP contribution in [0.1, 0.15) is 66.2 Å². The Morgan fingerprint density at radius 1 is 0.826 bits per heavy atom. The molecule has 6 heteroatoms. The van der Waals surface area contributed by atoms with Gasteiger partial charge in [-0.05, 0) is 53.3 Å². The van der Waals surface area contributed by atoms with Crippen LogP contribution in [0.3, 0.4) is 0 Å². The zero-order valence-corrected chi connectivity index (χ0v) is 21.3. The summed E-state index contributed by atoms with van der Waals surface area (Å²) in [5.74, 6) is 0. The molecule has 0 bridgehead atoms. The number of allylic oxidation sites excluding steroid dienone is 2. The average molecular weight is 411 g/mol. The average Bonchev–Trinajstić information content (AvgIpc) is 2.42. The van der Waals surface area contributed by atoms with Gasteiger partial charge in [0.15, 0.2) is 0 Å². The van der Waals surface area contributed by atoms with E-state index in [9.17, 15) is 0 Å². The highest BCUT2D eigenvalue weighted by Crippen LogP contribution is 2.23. The largest absolute Gasteiger partial charge is 0.349 e. The highest BCUT2D eigenvalue weighted by molar-refractivity contribution is 7.44. The molecule has 0 aliphatic heterocycles. The third-order valence-electron chi connectivity index (χ3n) is 3.86. The summed E-state index contributed by atoms with van der Waals surface area (Å²) < 4.78 is 2.82. The second-order valence-electron chi connectivity index (χ2n) is 7.26. The number of hydrogen-bond acceptors (Lipinski definition) is 1. The van der Waals surface area contributed by atoms with Crippen molar-refractivity contribution in [2.24, 2.45) is 0 Å². The zero-order valence-electron chi connectivity index (χ0n) is 15.9. The minimum absolute atomic E-state index is 0.165. The minimum atomic E-state index is -1.85. The normalized spacial score (nSPS) is 12.7. The number of hydrogen-bond donors (Lipinski definition) is 0. The Kier molecular flexibility index (Phi) is 14.3. The van der Waals surface area contributed by atoms with Gasteiger partial charge < -0.3 is 4.23 Å². The third-order valence-corrected chi connectivity index (χ3v) is 11.4. The molecule has 0 atom stereocenters.